The van der Waals surface area contributed by atoms with Crippen molar-refractivity contribution in [3.8, 4) is 11.5 Å². The van der Waals surface area contributed by atoms with Crippen molar-refractivity contribution in [2.45, 2.75) is 43.9 Å². The summed E-state index contributed by atoms with van der Waals surface area (Å²) in [7, 11) is -3.60. The van der Waals surface area contributed by atoms with Crippen LogP contribution in [0.1, 0.15) is 39.0 Å². The first kappa shape index (κ1) is 25.7. The summed E-state index contributed by atoms with van der Waals surface area (Å²) < 4.78 is 38.4. The minimum Gasteiger partial charge on any atom is -0.486 e. The number of nitrogens with zero attached hydrogens (tertiary/aromatic N) is 2. The Hall–Kier alpha value is -1.88. The fourth-order valence-electron chi connectivity index (χ4n) is 4.02. The predicted octanol–water partition coefficient (Wildman–Crippen LogP) is 1.44. The van der Waals surface area contributed by atoms with Crippen LogP contribution in [0.4, 0.5) is 0 Å². The fourth-order valence-corrected chi connectivity index (χ4v) is 5.11. The minimum atomic E-state index is -3.60. The Morgan fingerprint density at radius 2 is 1.67 bits per heavy atom. The van der Waals surface area contributed by atoms with Crippen LogP contribution < -0.4 is 19.5 Å². The lowest BCUT2D eigenvalue weighted by Crippen LogP contribution is -2.46. The first-order valence-corrected chi connectivity index (χ1v) is 13.6. The summed E-state index contributed by atoms with van der Waals surface area (Å²) in [6.45, 7) is 10.8. The molecule has 0 spiro atoms. The summed E-state index contributed by atoms with van der Waals surface area (Å²) in [5, 5.41) is 2.99. The van der Waals surface area contributed by atoms with E-state index in [1.165, 1.54) is 12.1 Å². The molecule has 0 saturated carbocycles. The molecule has 186 valence electrons. The van der Waals surface area contributed by atoms with Crippen LogP contribution in [-0.4, -0.2) is 89.7 Å². The molecular weight excluding hydrogens is 444 g/mol. The molecule has 1 saturated heterocycles. The number of sulfonamides is 1. The second kappa shape index (κ2) is 13.1. The van der Waals surface area contributed by atoms with Gasteiger partial charge in [0.1, 0.15) is 13.2 Å². The lowest BCUT2D eigenvalue weighted by atomic mass is 10.2. The van der Waals surface area contributed by atoms with Crippen molar-refractivity contribution < 1.29 is 22.7 Å². The monoisotopic (exact) mass is 482 g/mol. The maximum Gasteiger partial charge on any atom is 0.240 e. The van der Waals surface area contributed by atoms with Crippen molar-refractivity contribution in [2.75, 3.05) is 65.6 Å². The zero-order valence-corrected chi connectivity index (χ0v) is 20.5. The predicted molar refractivity (Wildman–Crippen MR) is 127 cm³/mol. The summed E-state index contributed by atoms with van der Waals surface area (Å²) in [5.41, 5.74) is 0. The van der Waals surface area contributed by atoms with Crippen molar-refractivity contribution in [2.24, 2.45) is 0 Å². The molecule has 0 bridgehead atoms. The molecule has 2 aliphatic heterocycles. The van der Waals surface area contributed by atoms with Crippen LogP contribution in [0, 0.1) is 0 Å². The Labute approximate surface area is 197 Å². The first-order chi connectivity index (χ1) is 16.0. The minimum absolute atomic E-state index is 0.0719. The molecule has 1 aromatic rings. The molecule has 1 fully saturated rings. The lowest BCUT2D eigenvalue weighted by Gasteiger charge is -2.33. The fraction of sp³-hybridized carbons (Fsp3) is 0.696. The van der Waals surface area contributed by atoms with Crippen LogP contribution >= 0.6 is 0 Å². The average molecular weight is 483 g/mol. The molecule has 2 N–H and O–H groups in total. The number of rotatable bonds is 13. The van der Waals surface area contributed by atoms with Crippen molar-refractivity contribution in [1.82, 2.24) is 19.8 Å². The van der Waals surface area contributed by atoms with Gasteiger partial charge in [-0.3, -0.25) is 4.79 Å². The number of carbonyl (C=O) groups excluding carboxylic acids is 1. The highest BCUT2D eigenvalue weighted by Gasteiger charge is 2.19. The number of unbranched alkanes of at least 4 members (excludes halogenated alkanes) is 2. The van der Waals surface area contributed by atoms with Crippen molar-refractivity contribution in [1.29, 1.82) is 0 Å². The maximum atomic E-state index is 12.5. The normalized spacial score (nSPS) is 17.1. The maximum absolute atomic E-state index is 12.5. The van der Waals surface area contributed by atoms with E-state index in [0.29, 0.717) is 50.6 Å². The first-order valence-electron chi connectivity index (χ1n) is 12.1. The van der Waals surface area contributed by atoms with E-state index < -0.39 is 10.0 Å². The van der Waals surface area contributed by atoms with Gasteiger partial charge in [-0.1, -0.05) is 13.3 Å². The van der Waals surface area contributed by atoms with E-state index >= 15 is 0 Å². The number of likely N-dealkylation sites (N-methyl/N-ethyl adjacent to an activating group) is 1. The molecule has 1 aromatic carbocycles. The molecule has 3 rings (SSSR count). The Kier molecular flexibility index (Phi) is 10.2. The van der Waals surface area contributed by atoms with Gasteiger partial charge in [0, 0.05) is 51.8 Å². The van der Waals surface area contributed by atoms with Gasteiger partial charge in [0.15, 0.2) is 11.5 Å². The number of ether oxygens (including phenoxy) is 2. The summed E-state index contributed by atoms with van der Waals surface area (Å²) in [6.07, 6.45) is 3.67. The van der Waals surface area contributed by atoms with Gasteiger partial charge in [0.05, 0.1) is 4.90 Å². The molecule has 1 amide bonds. The lowest BCUT2D eigenvalue weighted by molar-refractivity contribution is -0.121. The van der Waals surface area contributed by atoms with Crippen LogP contribution in [0.15, 0.2) is 23.1 Å². The largest absolute Gasteiger partial charge is 0.486 e. The molecule has 0 unspecified atom stereocenters. The molecule has 9 nitrogen and oxygen atoms in total. The van der Waals surface area contributed by atoms with Gasteiger partial charge in [-0.2, -0.15) is 0 Å². The third-order valence-electron chi connectivity index (χ3n) is 6.08. The second-order valence-electron chi connectivity index (χ2n) is 8.49. The number of benzene rings is 1. The van der Waals surface area contributed by atoms with E-state index in [9.17, 15) is 13.2 Å². The van der Waals surface area contributed by atoms with Crippen LogP contribution in [0.25, 0.3) is 0 Å². The highest BCUT2D eigenvalue weighted by molar-refractivity contribution is 7.89. The third-order valence-corrected chi connectivity index (χ3v) is 7.54. The van der Waals surface area contributed by atoms with Gasteiger partial charge in [0.25, 0.3) is 0 Å². The Balaban J connectivity index is 1.22. The zero-order chi connectivity index (χ0) is 23.5. The molecule has 0 radical (unpaired) electrons. The molecule has 0 atom stereocenters. The van der Waals surface area contributed by atoms with Gasteiger partial charge < -0.3 is 24.6 Å². The molecule has 33 heavy (non-hydrogen) atoms. The Bertz CT molecular complexity index is 856. The highest BCUT2D eigenvalue weighted by Crippen LogP contribution is 2.32. The van der Waals surface area contributed by atoms with Gasteiger partial charge >= 0.3 is 0 Å². The highest BCUT2D eigenvalue weighted by atomic mass is 32.2. The van der Waals surface area contributed by atoms with E-state index in [2.05, 4.69) is 26.8 Å². The van der Waals surface area contributed by atoms with Crippen LogP contribution in [-0.2, 0) is 14.8 Å². The molecule has 10 heteroatoms. The average Bonchev–Trinajstić information content (AvgIpc) is 2.84. The number of hydrogen-bond acceptors (Lipinski definition) is 7. The molecule has 2 aliphatic rings. The molecule has 0 aliphatic carbocycles. The van der Waals surface area contributed by atoms with Crippen molar-refractivity contribution >= 4 is 15.9 Å². The van der Waals surface area contributed by atoms with E-state index in [0.717, 1.165) is 58.5 Å². The number of amides is 1. The third kappa shape index (κ3) is 8.44. The standard InChI is InChI=1S/C23H38N4O5S/c1-2-26-13-15-27(16-14-26)12-6-10-24-23(28)7-4-3-5-11-25-33(29,30)20-8-9-21-22(19-20)32-18-17-31-21/h8-9,19,25H,2-7,10-18H2,1H3,(H,24,28). The number of nitrogens with one attached hydrogen (secondary N) is 2. The van der Waals surface area contributed by atoms with E-state index in [1.54, 1.807) is 6.07 Å². The Morgan fingerprint density at radius 3 is 2.42 bits per heavy atom. The SMILES string of the molecule is CCN1CCN(CCCNC(=O)CCCCCNS(=O)(=O)c2ccc3c(c2)OCCO3)CC1. The number of carbonyl (C=O) groups is 1. The zero-order valence-electron chi connectivity index (χ0n) is 19.7. The number of hydrogen-bond donors (Lipinski definition) is 2. The van der Waals surface area contributed by atoms with Crippen LogP contribution in [0.3, 0.4) is 0 Å². The van der Waals surface area contributed by atoms with Gasteiger partial charge in [-0.15, -0.1) is 0 Å². The summed E-state index contributed by atoms with van der Waals surface area (Å²) in [6, 6.07) is 4.63. The molecule has 0 aromatic heterocycles. The quantitative estimate of drug-likeness (QED) is 0.411. The molecule has 2 heterocycles. The summed E-state index contributed by atoms with van der Waals surface area (Å²) >= 11 is 0. The topological polar surface area (TPSA) is 100 Å². The van der Waals surface area contributed by atoms with Crippen molar-refractivity contribution in [3.63, 3.8) is 0 Å². The number of piperazine rings is 1. The molecular formula is C23H38N4O5S. The van der Waals surface area contributed by atoms with E-state index in [1.807, 2.05) is 0 Å². The summed E-state index contributed by atoms with van der Waals surface area (Å²) in [5.74, 6) is 1.09. The smallest absolute Gasteiger partial charge is 0.240 e. The van der Waals surface area contributed by atoms with Crippen molar-refractivity contribution in [3.05, 3.63) is 18.2 Å². The second-order valence-corrected chi connectivity index (χ2v) is 10.3. The number of fused-ring (bicyclic) bond motifs is 1. The van der Waals surface area contributed by atoms with Gasteiger partial charge in [0.2, 0.25) is 15.9 Å². The van der Waals surface area contributed by atoms with E-state index in [-0.39, 0.29) is 10.8 Å². The Morgan fingerprint density at radius 1 is 0.939 bits per heavy atom. The van der Waals surface area contributed by atoms with Crippen LogP contribution in [0.2, 0.25) is 0 Å². The van der Waals surface area contributed by atoms with Gasteiger partial charge in [-0.25, -0.2) is 13.1 Å². The van der Waals surface area contributed by atoms with Gasteiger partial charge in [-0.05, 0) is 44.5 Å². The van der Waals surface area contributed by atoms with Crippen LogP contribution in [0.5, 0.6) is 11.5 Å². The summed E-state index contributed by atoms with van der Waals surface area (Å²) in [4.78, 5) is 17.1. The van der Waals surface area contributed by atoms with E-state index in [4.69, 9.17) is 9.47 Å².